The van der Waals surface area contributed by atoms with E-state index in [1.165, 1.54) is 18.7 Å². The van der Waals surface area contributed by atoms with Gasteiger partial charge in [0.05, 0.1) is 17.0 Å². The van der Waals surface area contributed by atoms with Gasteiger partial charge < -0.3 is 20.1 Å². The van der Waals surface area contributed by atoms with E-state index in [0.29, 0.717) is 18.0 Å². The van der Waals surface area contributed by atoms with E-state index in [-0.39, 0.29) is 23.2 Å². The van der Waals surface area contributed by atoms with Crippen molar-refractivity contribution in [3.63, 3.8) is 0 Å². The highest BCUT2D eigenvalue weighted by Crippen LogP contribution is 2.29. The van der Waals surface area contributed by atoms with Gasteiger partial charge in [0.2, 0.25) is 11.8 Å². The summed E-state index contributed by atoms with van der Waals surface area (Å²) in [5.74, 6) is 0.450. The van der Waals surface area contributed by atoms with Crippen molar-refractivity contribution in [2.75, 3.05) is 23.8 Å². The maximum Gasteiger partial charge on any atom is 0.237 e. The molecule has 0 saturated carbocycles. The molecule has 2 aromatic carbocycles. The minimum absolute atomic E-state index is 0.100. The van der Waals surface area contributed by atoms with Crippen molar-refractivity contribution >= 4 is 35.0 Å². The quantitative estimate of drug-likeness (QED) is 0.600. The molecule has 1 fully saturated rings. The first-order valence-electron chi connectivity index (χ1n) is 10.1. The summed E-state index contributed by atoms with van der Waals surface area (Å²) in [6.07, 6.45) is 2.18. The molecule has 7 heteroatoms. The second kappa shape index (κ2) is 10.5. The first-order valence-corrected chi connectivity index (χ1v) is 11.0. The number of thioether (sulfide) groups is 1. The molecule has 2 amide bonds. The van der Waals surface area contributed by atoms with Crippen molar-refractivity contribution in [1.82, 2.24) is 0 Å². The zero-order chi connectivity index (χ0) is 21.5. The second-order valence-corrected chi connectivity index (χ2v) is 8.81. The summed E-state index contributed by atoms with van der Waals surface area (Å²) in [5, 5.41) is 5.42. The lowest BCUT2D eigenvalue weighted by Crippen LogP contribution is -2.23. The highest BCUT2D eigenvalue weighted by atomic mass is 32.2. The summed E-state index contributed by atoms with van der Waals surface area (Å²) in [6, 6.07) is 13.2. The number of amides is 2. The van der Waals surface area contributed by atoms with Gasteiger partial charge in [-0.3, -0.25) is 9.59 Å². The molecule has 0 radical (unpaired) electrons. The van der Waals surface area contributed by atoms with Crippen molar-refractivity contribution < 1.29 is 19.1 Å². The highest BCUT2D eigenvalue weighted by Gasteiger charge is 2.19. The van der Waals surface area contributed by atoms with Gasteiger partial charge in [-0.25, -0.2) is 0 Å². The van der Waals surface area contributed by atoms with Gasteiger partial charge in [-0.2, -0.15) is 0 Å². The Morgan fingerprint density at radius 3 is 2.63 bits per heavy atom. The zero-order valence-electron chi connectivity index (χ0n) is 17.6. The van der Waals surface area contributed by atoms with E-state index < -0.39 is 0 Å². The molecule has 2 atom stereocenters. The Hall–Kier alpha value is -2.51. The van der Waals surface area contributed by atoms with E-state index in [1.807, 2.05) is 56.3 Å². The molecule has 0 aromatic heterocycles. The van der Waals surface area contributed by atoms with Gasteiger partial charge in [0.25, 0.3) is 0 Å². The average molecular weight is 429 g/mol. The summed E-state index contributed by atoms with van der Waals surface area (Å²) >= 11 is 1.46. The van der Waals surface area contributed by atoms with Gasteiger partial charge >= 0.3 is 0 Å². The third-order valence-corrected chi connectivity index (χ3v) is 5.81. The number of hydrogen-bond acceptors (Lipinski definition) is 5. The molecule has 160 valence electrons. The van der Waals surface area contributed by atoms with Crippen LogP contribution in [0.15, 0.2) is 47.4 Å². The van der Waals surface area contributed by atoms with Crippen LogP contribution in [0.25, 0.3) is 0 Å². The fourth-order valence-corrected chi connectivity index (χ4v) is 3.99. The first kappa shape index (κ1) is 22.2. The van der Waals surface area contributed by atoms with E-state index in [1.54, 1.807) is 0 Å². The molecular formula is C23H28N2O4S. The molecule has 1 aliphatic heterocycles. The van der Waals surface area contributed by atoms with Crippen LogP contribution in [0.1, 0.15) is 32.3 Å². The Labute approximate surface area is 181 Å². The number of aryl methyl sites for hydroxylation is 1. The smallest absolute Gasteiger partial charge is 0.237 e. The summed E-state index contributed by atoms with van der Waals surface area (Å²) in [6.45, 7) is 6.60. The Balaban J connectivity index is 1.59. The maximum atomic E-state index is 12.8. The normalized spacial score (nSPS) is 16.7. The molecule has 2 unspecified atom stereocenters. The predicted octanol–water partition coefficient (Wildman–Crippen LogP) is 4.63. The first-order chi connectivity index (χ1) is 14.4. The SMILES string of the molecule is CC(=O)Nc1ccc(SC(C)C(=O)Nc2ccc(C)cc2OCC2CCCO2)cc1. The maximum absolute atomic E-state index is 12.8. The van der Waals surface area contributed by atoms with Crippen LogP contribution in [0.4, 0.5) is 11.4 Å². The van der Waals surface area contributed by atoms with Crippen molar-refractivity contribution in [3.8, 4) is 5.75 Å². The summed E-state index contributed by atoms with van der Waals surface area (Å²) in [5.41, 5.74) is 2.46. The topological polar surface area (TPSA) is 76.7 Å². The van der Waals surface area contributed by atoms with Crippen LogP contribution in [0.5, 0.6) is 5.75 Å². The molecular weight excluding hydrogens is 400 g/mol. The fourth-order valence-electron chi connectivity index (χ4n) is 3.12. The lowest BCUT2D eigenvalue weighted by molar-refractivity contribution is -0.115. The highest BCUT2D eigenvalue weighted by molar-refractivity contribution is 8.00. The van der Waals surface area contributed by atoms with Gasteiger partial charge in [-0.1, -0.05) is 6.07 Å². The lowest BCUT2D eigenvalue weighted by Gasteiger charge is -2.17. The van der Waals surface area contributed by atoms with Crippen LogP contribution in [0, 0.1) is 6.92 Å². The Kier molecular flexibility index (Phi) is 7.76. The Morgan fingerprint density at radius 1 is 1.20 bits per heavy atom. The molecule has 3 rings (SSSR count). The van der Waals surface area contributed by atoms with Gasteiger partial charge in [-0.05, 0) is 68.7 Å². The fraction of sp³-hybridized carbons (Fsp3) is 0.391. The third kappa shape index (κ3) is 6.50. The van der Waals surface area contributed by atoms with E-state index >= 15 is 0 Å². The molecule has 0 aliphatic carbocycles. The van der Waals surface area contributed by atoms with E-state index in [9.17, 15) is 9.59 Å². The van der Waals surface area contributed by atoms with Crippen LogP contribution < -0.4 is 15.4 Å². The van der Waals surface area contributed by atoms with Crippen LogP contribution >= 0.6 is 11.8 Å². The van der Waals surface area contributed by atoms with Crippen LogP contribution in [-0.2, 0) is 14.3 Å². The number of carbonyl (C=O) groups is 2. The van der Waals surface area contributed by atoms with Crippen LogP contribution in [0.2, 0.25) is 0 Å². The van der Waals surface area contributed by atoms with Crippen molar-refractivity contribution in [1.29, 1.82) is 0 Å². The third-order valence-electron chi connectivity index (χ3n) is 4.70. The van der Waals surface area contributed by atoms with Crippen molar-refractivity contribution in [3.05, 3.63) is 48.0 Å². The second-order valence-electron chi connectivity index (χ2n) is 7.40. The number of benzene rings is 2. The van der Waals surface area contributed by atoms with E-state index in [4.69, 9.17) is 9.47 Å². The number of carbonyl (C=O) groups excluding carboxylic acids is 2. The van der Waals surface area contributed by atoms with Crippen LogP contribution in [0.3, 0.4) is 0 Å². The van der Waals surface area contributed by atoms with Crippen LogP contribution in [-0.4, -0.2) is 36.4 Å². The average Bonchev–Trinajstić information content (AvgIpc) is 3.22. The number of rotatable bonds is 8. The predicted molar refractivity (Wildman–Crippen MR) is 120 cm³/mol. The molecule has 1 aliphatic rings. The van der Waals surface area contributed by atoms with Gasteiger partial charge in [0, 0.05) is 24.1 Å². The minimum atomic E-state index is -0.302. The molecule has 2 N–H and O–H groups in total. The van der Waals surface area contributed by atoms with Gasteiger partial charge in [0.1, 0.15) is 12.4 Å². The molecule has 2 aromatic rings. The van der Waals surface area contributed by atoms with Crippen molar-refractivity contribution in [2.24, 2.45) is 0 Å². The van der Waals surface area contributed by atoms with Crippen molar-refractivity contribution in [2.45, 2.75) is 49.9 Å². The van der Waals surface area contributed by atoms with E-state index in [2.05, 4.69) is 10.6 Å². The molecule has 0 spiro atoms. The summed E-state index contributed by atoms with van der Waals surface area (Å²) in [4.78, 5) is 24.8. The summed E-state index contributed by atoms with van der Waals surface area (Å²) in [7, 11) is 0. The molecule has 0 bridgehead atoms. The minimum Gasteiger partial charge on any atom is -0.489 e. The zero-order valence-corrected chi connectivity index (χ0v) is 18.4. The number of hydrogen-bond donors (Lipinski definition) is 2. The van der Waals surface area contributed by atoms with E-state index in [0.717, 1.165) is 35.6 Å². The molecule has 1 saturated heterocycles. The number of anilines is 2. The Bertz CT molecular complexity index is 879. The molecule has 30 heavy (non-hydrogen) atoms. The van der Waals surface area contributed by atoms with Gasteiger partial charge in [0.15, 0.2) is 0 Å². The number of ether oxygens (including phenoxy) is 2. The molecule has 1 heterocycles. The standard InChI is InChI=1S/C23H28N2O4S/c1-15-6-11-21(22(13-15)29-14-19-5-4-12-28-19)25-23(27)16(2)30-20-9-7-18(8-10-20)24-17(3)26/h6-11,13,16,19H,4-5,12,14H2,1-3H3,(H,24,26)(H,25,27). The lowest BCUT2D eigenvalue weighted by atomic mass is 10.2. The van der Waals surface area contributed by atoms with Gasteiger partial charge in [-0.15, -0.1) is 11.8 Å². The molecule has 6 nitrogen and oxygen atoms in total. The monoisotopic (exact) mass is 428 g/mol. The number of nitrogens with one attached hydrogen (secondary N) is 2. The summed E-state index contributed by atoms with van der Waals surface area (Å²) < 4.78 is 11.6. The largest absolute Gasteiger partial charge is 0.489 e. The Morgan fingerprint density at radius 2 is 1.97 bits per heavy atom.